The Morgan fingerprint density at radius 3 is 2.44 bits per heavy atom. The van der Waals surface area contributed by atoms with Gasteiger partial charge in [0.2, 0.25) is 0 Å². The predicted octanol–water partition coefficient (Wildman–Crippen LogP) is 3.93. The summed E-state index contributed by atoms with van der Waals surface area (Å²) in [6, 6.07) is 11.5. The quantitative estimate of drug-likeness (QED) is 0.833. The highest BCUT2D eigenvalue weighted by molar-refractivity contribution is 6.33. The molecule has 5 heteroatoms. The smallest absolute Gasteiger partial charge is 0.254 e. The molecule has 0 radical (unpaired) electrons. The number of anilines is 1. The van der Waals surface area contributed by atoms with Crippen LogP contribution in [-0.2, 0) is 0 Å². The fraction of sp³-hybridized carbons (Fsp3) is 0.350. The van der Waals surface area contributed by atoms with Gasteiger partial charge in [-0.3, -0.25) is 4.79 Å². The molecule has 1 fully saturated rings. The molecule has 0 saturated carbocycles. The molecular formula is C20H23ClN2O2. The van der Waals surface area contributed by atoms with Crippen molar-refractivity contribution in [2.75, 3.05) is 38.2 Å². The van der Waals surface area contributed by atoms with E-state index < -0.39 is 0 Å². The van der Waals surface area contributed by atoms with E-state index in [-0.39, 0.29) is 5.91 Å². The average molecular weight is 359 g/mol. The number of methoxy groups -OCH3 is 1. The van der Waals surface area contributed by atoms with E-state index in [4.69, 9.17) is 16.3 Å². The lowest BCUT2D eigenvalue weighted by Crippen LogP contribution is -2.49. The zero-order chi connectivity index (χ0) is 18.0. The number of hydrogen-bond donors (Lipinski definition) is 0. The molecule has 4 nitrogen and oxygen atoms in total. The van der Waals surface area contributed by atoms with Gasteiger partial charge in [0.15, 0.2) is 0 Å². The van der Waals surface area contributed by atoms with Crippen molar-refractivity contribution in [3.63, 3.8) is 0 Å². The van der Waals surface area contributed by atoms with Gasteiger partial charge in [-0.1, -0.05) is 23.7 Å². The summed E-state index contributed by atoms with van der Waals surface area (Å²) in [5.74, 6) is 0.747. The number of piperazine rings is 1. The largest absolute Gasteiger partial charge is 0.497 e. The number of amides is 1. The molecule has 0 aromatic heterocycles. The number of carbonyl (C=O) groups is 1. The van der Waals surface area contributed by atoms with Gasteiger partial charge in [0.05, 0.1) is 17.8 Å². The van der Waals surface area contributed by atoms with Crippen molar-refractivity contribution < 1.29 is 9.53 Å². The Kier molecular flexibility index (Phi) is 5.19. The molecule has 0 atom stereocenters. The van der Waals surface area contributed by atoms with Crippen molar-refractivity contribution >= 4 is 23.2 Å². The molecule has 0 unspecified atom stereocenters. The van der Waals surface area contributed by atoms with Gasteiger partial charge in [0, 0.05) is 31.7 Å². The third kappa shape index (κ3) is 3.74. The number of halogens is 1. The Morgan fingerprint density at radius 1 is 1.08 bits per heavy atom. The van der Waals surface area contributed by atoms with Crippen molar-refractivity contribution in [1.29, 1.82) is 0 Å². The van der Waals surface area contributed by atoms with Crippen LogP contribution in [0.5, 0.6) is 5.75 Å². The molecule has 25 heavy (non-hydrogen) atoms. The lowest BCUT2D eigenvalue weighted by atomic mass is 10.1. The van der Waals surface area contributed by atoms with Crippen molar-refractivity contribution in [2.24, 2.45) is 0 Å². The summed E-state index contributed by atoms with van der Waals surface area (Å²) in [4.78, 5) is 16.9. The average Bonchev–Trinajstić information content (AvgIpc) is 2.61. The summed E-state index contributed by atoms with van der Waals surface area (Å²) in [5, 5.41) is 0.782. The third-order valence-electron chi connectivity index (χ3n) is 4.60. The number of ether oxygens (including phenoxy) is 1. The van der Waals surface area contributed by atoms with Crippen LogP contribution < -0.4 is 9.64 Å². The maximum Gasteiger partial charge on any atom is 0.254 e. The topological polar surface area (TPSA) is 32.8 Å². The van der Waals surface area contributed by atoms with Gasteiger partial charge in [-0.15, -0.1) is 0 Å². The molecule has 2 aromatic rings. The van der Waals surface area contributed by atoms with Crippen LogP contribution in [0, 0.1) is 13.8 Å². The number of nitrogens with zero attached hydrogens (tertiary/aromatic N) is 2. The van der Waals surface area contributed by atoms with E-state index in [9.17, 15) is 4.79 Å². The summed E-state index contributed by atoms with van der Waals surface area (Å²) in [6.45, 7) is 7.05. The summed E-state index contributed by atoms with van der Waals surface area (Å²) in [7, 11) is 1.61. The van der Waals surface area contributed by atoms with Crippen molar-refractivity contribution in [3.05, 3.63) is 58.1 Å². The molecule has 2 aromatic carbocycles. The van der Waals surface area contributed by atoms with Crippen LogP contribution in [-0.4, -0.2) is 44.1 Å². The summed E-state index contributed by atoms with van der Waals surface area (Å²) >= 11 is 6.46. The molecule has 0 bridgehead atoms. The number of benzene rings is 2. The molecule has 0 spiro atoms. The maximum atomic E-state index is 12.7. The number of carbonyl (C=O) groups excluding carboxylic acids is 1. The van der Waals surface area contributed by atoms with Crippen LogP contribution in [0.3, 0.4) is 0 Å². The molecule has 0 N–H and O–H groups in total. The SMILES string of the molecule is COc1cccc(C(=O)N2CCN(c3c(C)cc(C)cc3Cl)CC2)c1. The first-order valence-corrected chi connectivity index (χ1v) is 8.82. The molecule has 1 amide bonds. The molecule has 3 rings (SSSR count). The fourth-order valence-corrected chi connectivity index (χ4v) is 3.82. The first kappa shape index (κ1) is 17.6. The summed E-state index contributed by atoms with van der Waals surface area (Å²) in [5.41, 5.74) is 4.09. The minimum atomic E-state index is 0.0466. The van der Waals surface area contributed by atoms with Crippen molar-refractivity contribution in [1.82, 2.24) is 4.90 Å². The van der Waals surface area contributed by atoms with Crippen molar-refractivity contribution in [3.8, 4) is 5.75 Å². The second-order valence-corrected chi connectivity index (χ2v) is 6.83. The van der Waals surface area contributed by atoms with Crippen LogP contribution in [0.1, 0.15) is 21.5 Å². The highest BCUT2D eigenvalue weighted by Gasteiger charge is 2.24. The van der Waals surface area contributed by atoms with Gasteiger partial charge in [0.1, 0.15) is 5.75 Å². The highest BCUT2D eigenvalue weighted by Crippen LogP contribution is 2.31. The van der Waals surface area contributed by atoms with Crippen LogP contribution in [0.15, 0.2) is 36.4 Å². The Balaban J connectivity index is 1.70. The molecular weight excluding hydrogens is 336 g/mol. The van der Waals surface area contributed by atoms with Gasteiger partial charge >= 0.3 is 0 Å². The van der Waals surface area contributed by atoms with E-state index in [1.807, 2.05) is 36.1 Å². The first-order valence-electron chi connectivity index (χ1n) is 8.44. The highest BCUT2D eigenvalue weighted by atomic mass is 35.5. The fourth-order valence-electron chi connectivity index (χ4n) is 3.38. The lowest BCUT2D eigenvalue weighted by Gasteiger charge is -2.37. The monoisotopic (exact) mass is 358 g/mol. The molecule has 1 heterocycles. The molecule has 0 aliphatic carbocycles. The van der Waals surface area contributed by atoms with Crippen LogP contribution in [0.4, 0.5) is 5.69 Å². The zero-order valence-corrected chi connectivity index (χ0v) is 15.6. The van der Waals surface area contributed by atoms with Crippen molar-refractivity contribution in [2.45, 2.75) is 13.8 Å². The predicted molar refractivity (Wildman–Crippen MR) is 102 cm³/mol. The second kappa shape index (κ2) is 7.36. The van der Waals surface area contributed by atoms with E-state index >= 15 is 0 Å². The van der Waals surface area contributed by atoms with E-state index in [0.717, 1.165) is 29.4 Å². The molecule has 132 valence electrons. The summed E-state index contributed by atoms with van der Waals surface area (Å²) < 4.78 is 5.21. The first-order chi connectivity index (χ1) is 12.0. The van der Waals surface area contributed by atoms with E-state index in [0.29, 0.717) is 24.4 Å². The van der Waals surface area contributed by atoms with E-state index in [1.165, 1.54) is 5.56 Å². The van der Waals surface area contributed by atoms with Gasteiger partial charge in [-0.25, -0.2) is 0 Å². The van der Waals surface area contributed by atoms with Gasteiger partial charge in [-0.05, 0) is 49.2 Å². The standard InChI is InChI=1S/C20H23ClN2O2/c1-14-11-15(2)19(18(21)12-14)22-7-9-23(10-8-22)20(24)16-5-4-6-17(13-16)25-3/h4-6,11-13H,7-10H2,1-3H3. The Morgan fingerprint density at radius 2 is 1.80 bits per heavy atom. The summed E-state index contributed by atoms with van der Waals surface area (Å²) in [6.07, 6.45) is 0. The second-order valence-electron chi connectivity index (χ2n) is 6.42. The Bertz CT molecular complexity index is 760. The van der Waals surface area contributed by atoms with Crippen LogP contribution in [0.25, 0.3) is 0 Å². The number of rotatable bonds is 3. The van der Waals surface area contributed by atoms with Gasteiger partial charge in [-0.2, -0.15) is 0 Å². The third-order valence-corrected chi connectivity index (χ3v) is 4.89. The maximum absolute atomic E-state index is 12.7. The molecule has 1 saturated heterocycles. The lowest BCUT2D eigenvalue weighted by molar-refractivity contribution is 0.0746. The Labute approximate surface area is 154 Å². The normalized spacial score (nSPS) is 14.6. The zero-order valence-electron chi connectivity index (χ0n) is 14.9. The van der Waals surface area contributed by atoms with Crippen LogP contribution in [0.2, 0.25) is 5.02 Å². The number of hydrogen-bond acceptors (Lipinski definition) is 3. The van der Waals surface area contributed by atoms with E-state index in [2.05, 4.69) is 17.9 Å². The molecule has 1 aliphatic heterocycles. The minimum Gasteiger partial charge on any atom is -0.497 e. The van der Waals surface area contributed by atoms with Gasteiger partial charge in [0.25, 0.3) is 5.91 Å². The van der Waals surface area contributed by atoms with Gasteiger partial charge < -0.3 is 14.5 Å². The van der Waals surface area contributed by atoms with E-state index in [1.54, 1.807) is 13.2 Å². The minimum absolute atomic E-state index is 0.0466. The van der Waals surface area contributed by atoms with Crippen LogP contribution >= 0.6 is 11.6 Å². The molecule has 1 aliphatic rings. The Hall–Kier alpha value is -2.20. The number of aryl methyl sites for hydroxylation is 2.